The molecule has 0 aliphatic carbocycles. The zero-order chi connectivity index (χ0) is 20.2. The molecule has 7 nitrogen and oxygen atoms in total. The molecule has 0 atom stereocenters. The van der Waals surface area contributed by atoms with Crippen LogP contribution in [0.4, 0.5) is 0 Å². The summed E-state index contributed by atoms with van der Waals surface area (Å²) >= 11 is 7.60. The van der Waals surface area contributed by atoms with Crippen molar-refractivity contribution >= 4 is 39.8 Å². The van der Waals surface area contributed by atoms with Gasteiger partial charge in [-0.2, -0.15) is 0 Å². The summed E-state index contributed by atoms with van der Waals surface area (Å²) in [7, 11) is 0. The Morgan fingerprint density at radius 1 is 1.21 bits per heavy atom. The maximum absolute atomic E-state index is 12.4. The predicted octanol–water partition coefficient (Wildman–Crippen LogP) is 3.41. The van der Waals surface area contributed by atoms with Crippen LogP contribution in [0.3, 0.4) is 0 Å². The number of ether oxygens (including phenoxy) is 2. The first kappa shape index (κ1) is 19.7. The quantitative estimate of drug-likeness (QED) is 0.557. The molecule has 0 saturated carbocycles. The molecule has 1 saturated heterocycles. The largest absolute Gasteiger partial charge is 0.484 e. The van der Waals surface area contributed by atoms with Gasteiger partial charge in [0.25, 0.3) is 5.91 Å². The molecule has 1 aliphatic heterocycles. The van der Waals surface area contributed by atoms with Crippen LogP contribution >= 0.6 is 22.9 Å². The second-order valence-electron chi connectivity index (χ2n) is 6.77. The van der Waals surface area contributed by atoms with Gasteiger partial charge in [-0.15, -0.1) is 11.3 Å². The summed E-state index contributed by atoms with van der Waals surface area (Å²) in [6.07, 6.45) is 3.00. The molecular weight excluding hydrogens is 414 g/mol. The fourth-order valence-electron chi connectivity index (χ4n) is 3.31. The number of benzene rings is 1. The minimum atomic E-state index is -0.265. The molecule has 3 heterocycles. The number of esters is 1. The molecule has 29 heavy (non-hydrogen) atoms. The monoisotopic (exact) mass is 433 g/mol. The topological polar surface area (TPSA) is 73.1 Å². The standard InChI is InChI=1S/C20H20ClN3O4S/c21-18-16(24-10-11-29-20(24)22-18)12-28-19(26)14-6-8-23(9-7-14)17(25)13-27-15-4-2-1-3-5-15/h1-5,10-11,14H,6-9,12-13H2. The van der Waals surface area contributed by atoms with Crippen LogP contribution < -0.4 is 4.74 Å². The average Bonchev–Trinajstić information content (AvgIpc) is 3.32. The van der Waals surface area contributed by atoms with Crippen molar-refractivity contribution in [1.29, 1.82) is 0 Å². The van der Waals surface area contributed by atoms with Gasteiger partial charge in [0, 0.05) is 24.7 Å². The summed E-state index contributed by atoms with van der Waals surface area (Å²) in [5, 5.41) is 2.25. The van der Waals surface area contributed by atoms with Crippen LogP contribution in [0.5, 0.6) is 5.75 Å². The van der Waals surface area contributed by atoms with Gasteiger partial charge in [0.1, 0.15) is 12.4 Å². The Kier molecular flexibility index (Phi) is 6.01. The molecule has 9 heteroatoms. The maximum Gasteiger partial charge on any atom is 0.309 e. The van der Waals surface area contributed by atoms with Gasteiger partial charge < -0.3 is 14.4 Å². The number of aromatic nitrogens is 2. The van der Waals surface area contributed by atoms with Gasteiger partial charge in [-0.3, -0.25) is 14.0 Å². The molecule has 152 valence electrons. The first-order valence-electron chi connectivity index (χ1n) is 9.34. The summed E-state index contributed by atoms with van der Waals surface area (Å²) in [5.41, 5.74) is 0.668. The Labute approximate surface area is 176 Å². The van der Waals surface area contributed by atoms with Crippen molar-refractivity contribution in [2.45, 2.75) is 19.4 Å². The van der Waals surface area contributed by atoms with E-state index in [4.69, 9.17) is 21.1 Å². The molecule has 1 amide bonds. The van der Waals surface area contributed by atoms with Crippen molar-refractivity contribution in [2.75, 3.05) is 19.7 Å². The van der Waals surface area contributed by atoms with Gasteiger partial charge >= 0.3 is 5.97 Å². The van der Waals surface area contributed by atoms with E-state index < -0.39 is 0 Å². The zero-order valence-electron chi connectivity index (χ0n) is 15.6. The first-order valence-corrected chi connectivity index (χ1v) is 10.6. The lowest BCUT2D eigenvalue weighted by atomic mass is 9.97. The zero-order valence-corrected chi connectivity index (χ0v) is 17.2. The van der Waals surface area contributed by atoms with E-state index in [1.165, 1.54) is 11.3 Å². The predicted molar refractivity (Wildman–Crippen MR) is 109 cm³/mol. The van der Waals surface area contributed by atoms with Gasteiger partial charge in [-0.1, -0.05) is 29.8 Å². The number of piperidine rings is 1. The van der Waals surface area contributed by atoms with Gasteiger partial charge in [0.05, 0.1) is 11.6 Å². The van der Waals surface area contributed by atoms with Crippen LogP contribution in [-0.4, -0.2) is 45.9 Å². The highest BCUT2D eigenvalue weighted by atomic mass is 35.5. The summed E-state index contributed by atoms with van der Waals surface area (Å²) in [6, 6.07) is 9.23. The molecular formula is C20H20ClN3O4S. The Morgan fingerprint density at radius 3 is 2.72 bits per heavy atom. The molecule has 3 aromatic rings. The van der Waals surface area contributed by atoms with E-state index in [1.807, 2.05) is 46.3 Å². The summed E-state index contributed by atoms with van der Waals surface area (Å²) < 4.78 is 12.8. The van der Waals surface area contributed by atoms with Gasteiger partial charge in [-0.25, -0.2) is 4.98 Å². The van der Waals surface area contributed by atoms with E-state index in [-0.39, 0.29) is 31.0 Å². The van der Waals surface area contributed by atoms with Crippen LogP contribution in [0.1, 0.15) is 18.5 Å². The fourth-order valence-corrected chi connectivity index (χ4v) is 4.32. The minimum absolute atomic E-state index is 0.00449. The number of carbonyl (C=O) groups is 2. The Bertz CT molecular complexity index is 996. The lowest BCUT2D eigenvalue weighted by Gasteiger charge is -2.30. The number of para-hydroxylation sites is 1. The number of hydrogen-bond acceptors (Lipinski definition) is 6. The Hall–Kier alpha value is -2.58. The molecule has 0 N–H and O–H groups in total. The maximum atomic E-state index is 12.4. The lowest BCUT2D eigenvalue weighted by Crippen LogP contribution is -2.42. The van der Waals surface area contributed by atoms with Crippen molar-refractivity contribution < 1.29 is 19.1 Å². The van der Waals surface area contributed by atoms with Gasteiger partial charge in [-0.05, 0) is 25.0 Å². The smallest absolute Gasteiger partial charge is 0.309 e. The molecule has 4 rings (SSSR count). The normalized spacial score (nSPS) is 14.9. The Balaban J connectivity index is 1.23. The summed E-state index contributed by atoms with van der Waals surface area (Å²) in [4.78, 5) is 31.5. The number of nitrogens with zero attached hydrogens (tertiary/aromatic N) is 3. The molecule has 1 fully saturated rings. The highest BCUT2D eigenvalue weighted by Crippen LogP contribution is 2.24. The molecule has 0 spiro atoms. The van der Waals surface area contributed by atoms with Gasteiger partial charge in [0.15, 0.2) is 16.7 Å². The number of amides is 1. The number of halogens is 1. The van der Waals surface area contributed by atoms with E-state index in [0.717, 1.165) is 4.96 Å². The third-order valence-electron chi connectivity index (χ3n) is 4.95. The molecule has 2 aromatic heterocycles. The van der Waals surface area contributed by atoms with Crippen LogP contribution in [0.25, 0.3) is 4.96 Å². The van der Waals surface area contributed by atoms with E-state index >= 15 is 0 Å². The number of rotatable bonds is 6. The molecule has 1 aromatic carbocycles. The molecule has 0 unspecified atom stereocenters. The average molecular weight is 434 g/mol. The summed E-state index contributed by atoms with van der Waals surface area (Å²) in [5.74, 6) is 0.0989. The van der Waals surface area contributed by atoms with Gasteiger partial charge in [0.2, 0.25) is 0 Å². The number of carbonyl (C=O) groups excluding carboxylic acids is 2. The minimum Gasteiger partial charge on any atom is -0.484 e. The van der Waals surface area contributed by atoms with Crippen LogP contribution in [0.15, 0.2) is 41.9 Å². The summed E-state index contributed by atoms with van der Waals surface area (Å²) in [6.45, 7) is 1.10. The third kappa shape index (κ3) is 4.54. The van der Waals surface area contributed by atoms with E-state index in [0.29, 0.717) is 42.5 Å². The number of fused-ring (bicyclic) bond motifs is 1. The number of thiazole rings is 1. The molecule has 0 radical (unpaired) electrons. The highest BCUT2D eigenvalue weighted by Gasteiger charge is 2.29. The lowest BCUT2D eigenvalue weighted by molar-refractivity contribution is -0.153. The SMILES string of the molecule is O=C(OCc1c(Cl)nc2sccn12)C1CCN(C(=O)COc2ccccc2)CC1. The molecule has 0 bridgehead atoms. The second kappa shape index (κ2) is 8.84. The van der Waals surface area contributed by atoms with Crippen molar-refractivity contribution in [1.82, 2.24) is 14.3 Å². The number of imidazole rings is 1. The van der Waals surface area contributed by atoms with Crippen LogP contribution in [0.2, 0.25) is 5.15 Å². The highest BCUT2D eigenvalue weighted by molar-refractivity contribution is 7.15. The van der Waals surface area contributed by atoms with E-state index in [9.17, 15) is 9.59 Å². The van der Waals surface area contributed by atoms with Crippen molar-refractivity contribution in [2.24, 2.45) is 5.92 Å². The first-order chi connectivity index (χ1) is 14.1. The van der Waals surface area contributed by atoms with Crippen molar-refractivity contribution in [3.63, 3.8) is 0 Å². The Morgan fingerprint density at radius 2 is 1.97 bits per heavy atom. The van der Waals surface area contributed by atoms with E-state index in [1.54, 1.807) is 4.90 Å². The number of likely N-dealkylation sites (tertiary alicyclic amines) is 1. The fraction of sp³-hybridized carbons (Fsp3) is 0.350. The van der Waals surface area contributed by atoms with E-state index in [2.05, 4.69) is 4.98 Å². The third-order valence-corrected chi connectivity index (χ3v) is 6.01. The van der Waals surface area contributed by atoms with Crippen molar-refractivity contribution in [3.8, 4) is 5.75 Å². The number of hydrogen-bond donors (Lipinski definition) is 0. The van der Waals surface area contributed by atoms with Crippen LogP contribution in [0, 0.1) is 5.92 Å². The van der Waals surface area contributed by atoms with Crippen molar-refractivity contribution in [3.05, 3.63) is 52.8 Å². The van der Waals surface area contributed by atoms with Crippen LogP contribution in [-0.2, 0) is 20.9 Å². The molecule has 1 aliphatic rings. The second-order valence-corrected chi connectivity index (χ2v) is 8.00.